The molecule has 3 heterocycles. The van der Waals surface area contributed by atoms with E-state index in [1.165, 1.54) is 5.01 Å². The van der Waals surface area contributed by atoms with Crippen molar-refractivity contribution in [3.63, 3.8) is 0 Å². The van der Waals surface area contributed by atoms with E-state index >= 15 is 0 Å². The highest BCUT2D eigenvalue weighted by molar-refractivity contribution is 6.04. The number of aromatic nitrogens is 1. The molecule has 0 aliphatic carbocycles. The molecule has 2 amide bonds. The molecule has 2 aliphatic rings. The van der Waals surface area contributed by atoms with Gasteiger partial charge in [-0.3, -0.25) is 9.80 Å². The Kier molecular flexibility index (Phi) is 8.34. The van der Waals surface area contributed by atoms with Crippen LogP contribution in [0.15, 0.2) is 48.3 Å². The van der Waals surface area contributed by atoms with E-state index in [1.807, 2.05) is 45.7 Å². The lowest BCUT2D eigenvalue weighted by Crippen LogP contribution is -2.56. The second kappa shape index (κ2) is 11.5. The number of amides is 2. The second-order valence-corrected chi connectivity index (χ2v) is 11.0. The fourth-order valence-corrected chi connectivity index (χ4v) is 5.15. The summed E-state index contributed by atoms with van der Waals surface area (Å²) in [4.78, 5) is 46.8. The number of hydrogen-bond acceptors (Lipinski definition) is 9. The number of hydrogen-bond donors (Lipinski definition) is 2. The zero-order chi connectivity index (χ0) is 29.2. The monoisotopic (exact) mass is 550 g/mol. The third-order valence-corrected chi connectivity index (χ3v) is 6.83. The maximum absolute atomic E-state index is 13.1. The fourth-order valence-electron chi connectivity index (χ4n) is 5.15. The lowest BCUT2D eigenvalue weighted by Gasteiger charge is -2.38. The van der Waals surface area contributed by atoms with Gasteiger partial charge >= 0.3 is 12.1 Å². The lowest BCUT2D eigenvalue weighted by molar-refractivity contribution is -0.140. The van der Waals surface area contributed by atoms with E-state index < -0.39 is 23.8 Å². The second-order valence-electron chi connectivity index (χ2n) is 11.0. The topological polar surface area (TPSA) is 130 Å². The number of nitrogens with two attached hydrogens (primary N) is 1. The minimum absolute atomic E-state index is 0.178. The normalized spacial score (nSPS) is 19.2. The number of ether oxygens (including phenoxy) is 2. The van der Waals surface area contributed by atoms with E-state index in [0.717, 1.165) is 12.0 Å². The molecule has 2 aromatic rings. The Hall–Kier alpha value is -4.12. The molecule has 11 heteroatoms. The molecule has 11 nitrogen and oxygen atoms in total. The van der Waals surface area contributed by atoms with Crippen LogP contribution in [0.25, 0.3) is 5.70 Å². The van der Waals surface area contributed by atoms with E-state index in [1.54, 1.807) is 48.4 Å². The number of pyridine rings is 1. The highest BCUT2D eigenvalue weighted by Gasteiger charge is 2.48. The first kappa shape index (κ1) is 28.9. The van der Waals surface area contributed by atoms with Crippen LogP contribution in [-0.4, -0.2) is 75.8 Å². The minimum Gasteiger partial charge on any atom is -0.461 e. The summed E-state index contributed by atoms with van der Waals surface area (Å²) in [6.45, 7) is 9.84. The van der Waals surface area contributed by atoms with Crippen LogP contribution in [0.2, 0.25) is 0 Å². The average Bonchev–Trinajstić information content (AvgIpc) is 3.45. The van der Waals surface area contributed by atoms with Gasteiger partial charge in [0, 0.05) is 30.9 Å². The van der Waals surface area contributed by atoms with Crippen molar-refractivity contribution in [2.24, 2.45) is 5.84 Å². The molecule has 1 unspecified atom stereocenters. The molecule has 2 aliphatic heterocycles. The van der Waals surface area contributed by atoms with Crippen LogP contribution in [-0.2, 0) is 14.3 Å². The van der Waals surface area contributed by atoms with E-state index in [2.05, 4.69) is 10.3 Å². The maximum atomic E-state index is 13.1. The first-order valence-corrected chi connectivity index (χ1v) is 13.4. The van der Waals surface area contributed by atoms with Crippen LogP contribution in [0.1, 0.15) is 62.0 Å². The first-order valence-electron chi connectivity index (χ1n) is 13.4. The maximum Gasteiger partial charge on any atom is 0.410 e. The number of carbonyl (C=O) groups excluding carboxylic acids is 3. The van der Waals surface area contributed by atoms with Crippen LogP contribution in [0.4, 0.5) is 10.6 Å². The van der Waals surface area contributed by atoms with E-state index in [9.17, 15) is 14.4 Å². The van der Waals surface area contributed by atoms with Gasteiger partial charge < -0.3 is 24.6 Å². The van der Waals surface area contributed by atoms with Gasteiger partial charge in [0.15, 0.2) is 5.70 Å². The van der Waals surface area contributed by atoms with E-state index in [4.69, 9.17) is 15.3 Å². The number of hydrazine groups is 1. The molecule has 1 fully saturated rings. The van der Waals surface area contributed by atoms with Crippen molar-refractivity contribution in [2.45, 2.75) is 65.3 Å². The Balaban J connectivity index is 1.62. The van der Waals surface area contributed by atoms with Gasteiger partial charge in [-0.2, -0.15) is 0 Å². The number of benzene rings is 1. The van der Waals surface area contributed by atoms with Crippen LogP contribution in [0.5, 0.6) is 0 Å². The number of nitrogens with one attached hydrogen (secondary N) is 1. The zero-order valence-corrected chi connectivity index (χ0v) is 23.9. The van der Waals surface area contributed by atoms with Gasteiger partial charge in [0.05, 0.1) is 18.3 Å². The fraction of sp³-hybridized carbons (Fsp3) is 0.448. The summed E-state index contributed by atoms with van der Waals surface area (Å²) < 4.78 is 11.0. The van der Waals surface area contributed by atoms with Crippen molar-refractivity contribution in [2.75, 3.05) is 25.5 Å². The first-order chi connectivity index (χ1) is 18.9. The van der Waals surface area contributed by atoms with Crippen molar-refractivity contribution < 1.29 is 23.9 Å². The number of carbonyl (C=O) groups is 3. The molecular formula is C29H38N6O5. The molecule has 4 rings (SSSR count). The zero-order valence-electron chi connectivity index (χ0n) is 23.9. The Bertz CT molecular complexity index is 1300. The van der Waals surface area contributed by atoms with Gasteiger partial charge in [-0.1, -0.05) is 12.1 Å². The average molecular weight is 551 g/mol. The van der Waals surface area contributed by atoms with E-state index in [0.29, 0.717) is 35.6 Å². The number of rotatable bonds is 6. The number of anilines is 1. The quantitative estimate of drug-likeness (QED) is 0.408. The smallest absolute Gasteiger partial charge is 0.410 e. The van der Waals surface area contributed by atoms with Gasteiger partial charge in [-0.15, -0.1) is 0 Å². The third-order valence-electron chi connectivity index (χ3n) is 6.83. The van der Waals surface area contributed by atoms with Gasteiger partial charge in [0.25, 0.3) is 5.91 Å². The number of likely N-dealkylation sites (N-methyl/N-ethyl adjacent to an activating group) is 1. The number of likely N-dealkylation sites (tertiary alicyclic amines) is 1. The van der Waals surface area contributed by atoms with Crippen LogP contribution >= 0.6 is 0 Å². The minimum atomic E-state index is -0.642. The van der Waals surface area contributed by atoms with E-state index in [-0.39, 0.29) is 24.3 Å². The van der Waals surface area contributed by atoms with Gasteiger partial charge in [-0.05, 0) is 77.3 Å². The van der Waals surface area contributed by atoms with Crippen LogP contribution in [0, 0.1) is 6.92 Å². The van der Waals surface area contributed by atoms with Crippen LogP contribution in [0.3, 0.4) is 0 Å². The molecular weight excluding hydrogens is 512 g/mol. The number of aryl methyl sites for hydroxylation is 1. The molecule has 2 atom stereocenters. The van der Waals surface area contributed by atoms with Crippen molar-refractivity contribution in [3.8, 4) is 0 Å². The molecule has 1 saturated heterocycles. The molecule has 0 spiro atoms. The summed E-state index contributed by atoms with van der Waals surface area (Å²) in [6.07, 6.45) is 2.17. The van der Waals surface area contributed by atoms with Crippen molar-refractivity contribution in [3.05, 3.63) is 65.0 Å². The molecule has 3 N–H and O–H groups in total. The Morgan fingerprint density at radius 3 is 2.48 bits per heavy atom. The Morgan fingerprint density at radius 1 is 1.15 bits per heavy atom. The van der Waals surface area contributed by atoms with Gasteiger partial charge in [-0.25, -0.2) is 20.4 Å². The predicted molar refractivity (Wildman–Crippen MR) is 150 cm³/mol. The molecule has 1 aromatic heterocycles. The van der Waals surface area contributed by atoms with Crippen molar-refractivity contribution in [1.29, 1.82) is 0 Å². The summed E-state index contributed by atoms with van der Waals surface area (Å²) >= 11 is 0. The predicted octanol–water partition coefficient (Wildman–Crippen LogP) is 3.72. The molecule has 0 radical (unpaired) electrons. The van der Waals surface area contributed by atoms with Gasteiger partial charge in [0.2, 0.25) is 0 Å². The lowest BCUT2D eigenvalue weighted by atomic mass is 10.1. The van der Waals surface area contributed by atoms with Crippen LogP contribution < -0.4 is 11.2 Å². The Morgan fingerprint density at radius 2 is 1.85 bits per heavy atom. The molecule has 40 heavy (non-hydrogen) atoms. The summed E-state index contributed by atoms with van der Waals surface area (Å²) in [6, 6.07) is 10.2. The largest absolute Gasteiger partial charge is 0.461 e. The van der Waals surface area contributed by atoms with Crippen molar-refractivity contribution >= 4 is 29.5 Å². The standard InChI is InChI=1S/C29H38N6O5/c1-7-39-27(37)24-23(19-10-12-20(13-11-19)25(36)32-22-17-18(2)14-15-31-22)33(6)26(35(24)30)21-9-8-16-34(21)28(38)40-29(3,4)5/h10-15,17,21,26H,7-9,16,30H2,1-6H3,(H,31,32,36)/t21-,26?/m0/s1. The highest BCUT2D eigenvalue weighted by Crippen LogP contribution is 2.39. The SMILES string of the molecule is CCOC(=O)C1=C(c2ccc(C(=O)Nc3cc(C)ccn3)cc2)N(C)C([C@@H]2CCCN2C(=O)OC(C)(C)C)N1N. The van der Waals surface area contributed by atoms with Gasteiger partial charge in [0.1, 0.15) is 17.6 Å². The summed E-state index contributed by atoms with van der Waals surface area (Å²) in [5, 5.41) is 4.19. The highest BCUT2D eigenvalue weighted by atomic mass is 16.6. The third kappa shape index (κ3) is 6.04. The number of nitrogens with zero attached hydrogens (tertiary/aromatic N) is 4. The Labute approximate surface area is 234 Å². The molecule has 0 bridgehead atoms. The summed E-state index contributed by atoms with van der Waals surface area (Å²) in [5.74, 6) is 6.19. The molecule has 1 aromatic carbocycles. The molecule has 214 valence electrons. The number of esters is 1. The molecule has 0 saturated carbocycles. The van der Waals surface area contributed by atoms with Crippen molar-refractivity contribution in [1.82, 2.24) is 19.8 Å². The summed E-state index contributed by atoms with van der Waals surface area (Å²) in [5.41, 5.74) is 2.18. The summed E-state index contributed by atoms with van der Waals surface area (Å²) in [7, 11) is 1.84.